The standard InChI is InChI=1S/C16H24N2O/c1-2-18(14-7-5-9-17-10-14)16-12-19-11-13-6-3-4-8-15(13)16/h3-4,6,8,14,16-17H,2,5,7,9-12H2,1H3. The predicted molar refractivity (Wildman–Crippen MR) is 77.1 cm³/mol. The van der Waals surface area contributed by atoms with Crippen molar-refractivity contribution in [2.75, 3.05) is 26.2 Å². The van der Waals surface area contributed by atoms with Crippen LogP contribution in [-0.2, 0) is 11.3 Å². The zero-order valence-electron chi connectivity index (χ0n) is 11.8. The summed E-state index contributed by atoms with van der Waals surface area (Å²) >= 11 is 0. The summed E-state index contributed by atoms with van der Waals surface area (Å²) in [7, 11) is 0. The second-order valence-corrected chi connectivity index (χ2v) is 5.56. The van der Waals surface area contributed by atoms with E-state index in [1.807, 2.05) is 0 Å². The summed E-state index contributed by atoms with van der Waals surface area (Å²) in [6.07, 6.45) is 2.59. The van der Waals surface area contributed by atoms with Crippen LogP contribution in [0, 0.1) is 0 Å². The lowest BCUT2D eigenvalue weighted by atomic mass is 9.95. The van der Waals surface area contributed by atoms with E-state index in [1.54, 1.807) is 0 Å². The molecule has 0 aliphatic carbocycles. The second-order valence-electron chi connectivity index (χ2n) is 5.56. The largest absolute Gasteiger partial charge is 0.375 e. The van der Waals surface area contributed by atoms with Gasteiger partial charge in [-0.2, -0.15) is 0 Å². The first kappa shape index (κ1) is 13.1. The summed E-state index contributed by atoms with van der Waals surface area (Å²) in [5.74, 6) is 0. The Morgan fingerprint density at radius 3 is 3.05 bits per heavy atom. The Balaban J connectivity index is 1.83. The average molecular weight is 260 g/mol. The van der Waals surface area contributed by atoms with Gasteiger partial charge in [-0.15, -0.1) is 0 Å². The molecule has 0 bridgehead atoms. The van der Waals surface area contributed by atoms with Crippen molar-refractivity contribution >= 4 is 0 Å². The Hall–Kier alpha value is -0.900. The fraction of sp³-hybridized carbons (Fsp3) is 0.625. The van der Waals surface area contributed by atoms with Gasteiger partial charge in [-0.05, 0) is 37.1 Å². The lowest BCUT2D eigenvalue weighted by molar-refractivity contribution is 0.0111. The van der Waals surface area contributed by atoms with Crippen molar-refractivity contribution < 1.29 is 4.74 Å². The molecule has 3 nitrogen and oxygen atoms in total. The van der Waals surface area contributed by atoms with Gasteiger partial charge in [0, 0.05) is 12.6 Å². The minimum atomic E-state index is 0.430. The number of ether oxygens (including phenoxy) is 1. The summed E-state index contributed by atoms with van der Waals surface area (Å²) in [6.45, 7) is 7.26. The number of hydrogen-bond donors (Lipinski definition) is 1. The van der Waals surface area contributed by atoms with Gasteiger partial charge in [-0.25, -0.2) is 0 Å². The van der Waals surface area contributed by atoms with Crippen LogP contribution in [-0.4, -0.2) is 37.2 Å². The normalized spacial score (nSPS) is 27.3. The van der Waals surface area contributed by atoms with E-state index in [4.69, 9.17) is 4.74 Å². The molecule has 0 aromatic heterocycles. The Labute approximate surface area is 115 Å². The number of fused-ring (bicyclic) bond motifs is 1. The van der Waals surface area contributed by atoms with Gasteiger partial charge in [-0.3, -0.25) is 4.90 Å². The predicted octanol–water partition coefficient (Wildman–Crippen LogP) is 2.33. The zero-order chi connectivity index (χ0) is 13.1. The van der Waals surface area contributed by atoms with E-state index < -0.39 is 0 Å². The van der Waals surface area contributed by atoms with E-state index in [2.05, 4.69) is 41.4 Å². The van der Waals surface area contributed by atoms with Gasteiger partial charge in [-0.1, -0.05) is 31.2 Å². The third kappa shape index (κ3) is 2.69. The fourth-order valence-electron chi connectivity index (χ4n) is 3.48. The van der Waals surface area contributed by atoms with E-state index in [0.717, 1.165) is 26.3 Å². The van der Waals surface area contributed by atoms with E-state index in [1.165, 1.54) is 30.5 Å². The highest BCUT2D eigenvalue weighted by Crippen LogP contribution is 2.31. The van der Waals surface area contributed by atoms with Crippen LogP contribution in [0.15, 0.2) is 24.3 Å². The van der Waals surface area contributed by atoms with Crippen LogP contribution in [0.2, 0.25) is 0 Å². The van der Waals surface area contributed by atoms with Crippen LogP contribution in [0.3, 0.4) is 0 Å². The minimum absolute atomic E-state index is 0.430. The molecule has 2 heterocycles. The van der Waals surface area contributed by atoms with E-state index in [0.29, 0.717) is 12.1 Å². The molecule has 2 aliphatic heterocycles. The summed E-state index contributed by atoms with van der Waals surface area (Å²) < 4.78 is 5.82. The van der Waals surface area contributed by atoms with Crippen LogP contribution >= 0.6 is 0 Å². The van der Waals surface area contributed by atoms with Crippen molar-refractivity contribution in [2.24, 2.45) is 0 Å². The molecule has 19 heavy (non-hydrogen) atoms. The third-order valence-electron chi connectivity index (χ3n) is 4.45. The van der Waals surface area contributed by atoms with Crippen LogP contribution < -0.4 is 5.32 Å². The lowest BCUT2D eigenvalue weighted by Gasteiger charge is -2.41. The summed E-state index contributed by atoms with van der Waals surface area (Å²) in [5, 5.41) is 3.53. The van der Waals surface area contributed by atoms with Crippen molar-refractivity contribution in [2.45, 2.75) is 38.5 Å². The van der Waals surface area contributed by atoms with Gasteiger partial charge in [0.25, 0.3) is 0 Å². The molecule has 0 saturated carbocycles. The number of likely N-dealkylation sites (N-methyl/N-ethyl adjacent to an activating group) is 1. The van der Waals surface area contributed by atoms with E-state index in [9.17, 15) is 0 Å². The lowest BCUT2D eigenvalue weighted by Crippen LogP contribution is -2.49. The third-order valence-corrected chi connectivity index (χ3v) is 4.45. The summed E-state index contributed by atoms with van der Waals surface area (Å²) in [6, 6.07) is 9.83. The maximum absolute atomic E-state index is 5.82. The molecule has 3 heteroatoms. The van der Waals surface area contributed by atoms with Gasteiger partial charge in [0.2, 0.25) is 0 Å². The molecule has 1 aromatic carbocycles. The number of hydrogen-bond acceptors (Lipinski definition) is 3. The molecule has 1 aromatic rings. The molecular formula is C16H24N2O. The molecule has 1 saturated heterocycles. The highest BCUT2D eigenvalue weighted by molar-refractivity contribution is 5.31. The first-order valence-electron chi connectivity index (χ1n) is 7.52. The van der Waals surface area contributed by atoms with Crippen LogP contribution in [0.25, 0.3) is 0 Å². The van der Waals surface area contributed by atoms with Gasteiger partial charge in [0.1, 0.15) is 0 Å². The summed E-state index contributed by atoms with van der Waals surface area (Å²) in [4.78, 5) is 2.63. The van der Waals surface area contributed by atoms with E-state index in [-0.39, 0.29) is 0 Å². The average Bonchev–Trinajstić information content (AvgIpc) is 2.49. The van der Waals surface area contributed by atoms with Crippen LogP contribution in [0.5, 0.6) is 0 Å². The number of benzene rings is 1. The SMILES string of the molecule is CCN(C1CCCNC1)C1COCc2ccccc21. The van der Waals surface area contributed by atoms with Crippen LogP contribution in [0.1, 0.15) is 36.9 Å². The van der Waals surface area contributed by atoms with Gasteiger partial charge in [0.05, 0.1) is 19.3 Å². The molecule has 104 valence electrons. The molecule has 1 fully saturated rings. The first-order valence-corrected chi connectivity index (χ1v) is 7.52. The molecule has 1 N–H and O–H groups in total. The number of nitrogens with one attached hydrogen (secondary N) is 1. The molecular weight excluding hydrogens is 236 g/mol. The molecule has 0 radical (unpaired) electrons. The molecule has 0 spiro atoms. The number of piperidine rings is 1. The molecule has 3 rings (SSSR count). The summed E-state index contributed by atoms with van der Waals surface area (Å²) in [5.41, 5.74) is 2.84. The first-order chi connectivity index (χ1) is 9.40. The van der Waals surface area contributed by atoms with Crippen molar-refractivity contribution in [3.05, 3.63) is 35.4 Å². The Morgan fingerprint density at radius 1 is 1.37 bits per heavy atom. The van der Waals surface area contributed by atoms with Gasteiger partial charge >= 0.3 is 0 Å². The molecule has 0 amide bonds. The maximum atomic E-state index is 5.82. The fourth-order valence-corrected chi connectivity index (χ4v) is 3.48. The number of nitrogens with zero attached hydrogens (tertiary/aromatic N) is 1. The Bertz CT molecular complexity index is 415. The van der Waals surface area contributed by atoms with E-state index >= 15 is 0 Å². The second kappa shape index (κ2) is 6.04. The van der Waals surface area contributed by atoms with Crippen molar-refractivity contribution in [1.29, 1.82) is 0 Å². The maximum Gasteiger partial charge on any atom is 0.0721 e. The number of rotatable bonds is 3. The van der Waals surface area contributed by atoms with Crippen molar-refractivity contribution in [1.82, 2.24) is 10.2 Å². The Kier molecular flexibility index (Phi) is 4.16. The van der Waals surface area contributed by atoms with Crippen molar-refractivity contribution in [3.8, 4) is 0 Å². The Morgan fingerprint density at radius 2 is 2.26 bits per heavy atom. The molecule has 2 atom stereocenters. The highest BCUT2D eigenvalue weighted by atomic mass is 16.5. The zero-order valence-corrected chi connectivity index (χ0v) is 11.8. The topological polar surface area (TPSA) is 24.5 Å². The smallest absolute Gasteiger partial charge is 0.0721 e. The molecule has 2 unspecified atom stereocenters. The monoisotopic (exact) mass is 260 g/mol. The van der Waals surface area contributed by atoms with Crippen molar-refractivity contribution in [3.63, 3.8) is 0 Å². The highest BCUT2D eigenvalue weighted by Gasteiger charge is 2.30. The van der Waals surface area contributed by atoms with Gasteiger partial charge < -0.3 is 10.1 Å². The molecule has 2 aliphatic rings. The minimum Gasteiger partial charge on any atom is -0.375 e. The quantitative estimate of drug-likeness (QED) is 0.903. The van der Waals surface area contributed by atoms with Crippen LogP contribution in [0.4, 0.5) is 0 Å². The van der Waals surface area contributed by atoms with Gasteiger partial charge in [0.15, 0.2) is 0 Å².